The molecule has 2 aliphatic carbocycles. The number of rotatable bonds is 2. The molecule has 5 rings (SSSR count). The quantitative estimate of drug-likeness (QED) is 0.728. The third-order valence-electron chi connectivity index (χ3n) is 4.67. The second-order valence-electron chi connectivity index (χ2n) is 6.18. The van der Waals surface area contributed by atoms with Crippen LogP contribution in [0.2, 0.25) is 0 Å². The molecule has 4 nitrogen and oxygen atoms in total. The van der Waals surface area contributed by atoms with Crippen LogP contribution >= 0.6 is 11.3 Å². The van der Waals surface area contributed by atoms with E-state index in [1.54, 1.807) is 11.3 Å². The molecule has 0 unspecified atom stereocenters. The molecule has 1 aromatic carbocycles. The van der Waals surface area contributed by atoms with E-state index in [1.165, 1.54) is 35.4 Å². The van der Waals surface area contributed by atoms with Gasteiger partial charge >= 0.3 is 0 Å². The van der Waals surface area contributed by atoms with Gasteiger partial charge in [0.05, 0.1) is 0 Å². The van der Waals surface area contributed by atoms with E-state index in [-0.39, 0.29) is 0 Å². The number of hydrogen-bond acceptors (Lipinski definition) is 4. The topological polar surface area (TPSA) is 43.1 Å². The second kappa shape index (κ2) is 4.37. The van der Waals surface area contributed by atoms with E-state index in [0.29, 0.717) is 11.8 Å². The fourth-order valence-corrected chi connectivity index (χ4v) is 4.30. The van der Waals surface area contributed by atoms with Crippen molar-refractivity contribution >= 4 is 16.3 Å². The van der Waals surface area contributed by atoms with Crippen LogP contribution in [-0.4, -0.2) is 19.8 Å². The summed E-state index contributed by atoms with van der Waals surface area (Å²) in [6.45, 7) is 0. The summed E-state index contributed by atoms with van der Waals surface area (Å²) in [7, 11) is 0. The second-order valence-corrected chi connectivity index (χ2v) is 7.16. The lowest BCUT2D eigenvalue weighted by atomic mass is 9.84. The highest BCUT2D eigenvalue weighted by molar-refractivity contribution is 7.16. The van der Waals surface area contributed by atoms with Crippen molar-refractivity contribution in [2.45, 2.75) is 43.9 Å². The molecule has 0 bridgehead atoms. The van der Waals surface area contributed by atoms with Crippen molar-refractivity contribution < 1.29 is 0 Å². The standard InChI is InChI=1S/C16H16N4S/c1-2-4-12-9-13(8-5-10(12)3-1)15-19-20-14(11-6-7-11)17-18-16(20)21-15/h1-4,11,13H,5-9H2/t13-/m1/s1. The summed E-state index contributed by atoms with van der Waals surface area (Å²) in [5.74, 6) is 2.21. The summed E-state index contributed by atoms with van der Waals surface area (Å²) in [6, 6.07) is 8.81. The Labute approximate surface area is 126 Å². The number of aryl methyl sites for hydroxylation is 1. The molecule has 1 atom stereocenters. The molecular weight excluding hydrogens is 280 g/mol. The van der Waals surface area contributed by atoms with Crippen LogP contribution in [0, 0.1) is 0 Å². The fraction of sp³-hybridized carbons (Fsp3) is 0.438. The van der Waals surface area contributed by atoms with E-state index in [4.69, 9.17) is 5.10 Å². The zero-order valence-electron chi connectivity index (χ0n) is 11.7. The third-order valence-corrected chi connectivity index (χ3v) is 5.73. The van der Waals surface area contributed by atoms with E-state index in [0.717, 1.165) is 23.6 Å². The van der Waals surface area contributed by atoms with E-state index >= 15 is 0 Å². The average Bonchev–Trinajstić information content (AvgIpc) is 3.15. The minimum Gasteiger partial charge on any atom is -0.187 e. The van der Waals surface area contributed by atoms with Crippen molar-refractivity contribution in [1.29, 1.82) is 0 Å². The van der Waals surface area contributed by atoms with Gasteiger partial charge < -0.3 is 0 Å². The monoisotopic (exact) mass is 296 g/mol. The molecule has 0 aliphatic heterocycles. The molecule has 0 amide bonds. The van der Waals surface area contributed by atoms with Crippen LogP contribution in [0.15, 0.2) is 24.3 Å². The first-order valence-electron chi connectivity index (χ1n) is 7.67. The van der Waals surface area contributed by atoms with Gasteiger partial charge in [0.15, 0.2) is 5.82 Å². The molecule has 3 aromatic rings. The Morgan fingerprint density at radius 1 is 1.00 bits per heavy atom. The molecule has 1 fully saturated rings. The summed E-state index contributed by atoms with van der Waals surface area (Å²) >= 11 is 1.72. The zero-order chi connectivity index (χ0) is 13.8. The summed E-state index contributed by atoms with van der Waals surface area (Å²) < 4.78 is 2.00. The van der Waals surface area contributed by atoms with Crippen LogP contribution in [0.3, 0.4) is 0 Å². The van der Waals surface area contributed by atoms with Gasteiger partial charge in [-0.15, -0.1) is 10.2 Å². The first-order chi connectivity index (χ1) is 10.4. The van der Waals surface area contributed by atoms with Gasteiger partial charge in [-0.05, 0) is 43.2 Å². The van der Waals surface area contributed by atoms with Gasteiger partial charge in [-0.3, -0.25) is 0 Å². The van der Waals surface area contributed by atoms with Gasteiger partial charge in [0, 0.05) is 11.8 Å². The zero-order valence-corrected chi connectivity index (χ0v) is 12.5. The lowest BCUT2D eigenvalue weighted by Gasteiger charge is -2.22. The number of benzene rings is 1. The predicted molar refractivity (Wildman–Crippen MR) is 81.8 cm³/mol. The van der Waals surface area contributed by atoms with E-state index in [1.807, 2.05) is 4.52 Å². The number of nitrogens with zero attached hydrogens (tertiary/aromatic N) is 4. The SMILES string of the molecule is c1ccc2c(c1)CC[C@@H](c1nn3c(C4CC4)nnc3s1)C2. The van der Waals surface area contributed by atoms with Gasteiger partial charge in [-0.1, -0.05) is 35.6 Å². The van der Waals surface area contributed by atoms with Crippen molar-refractivity contribution in [2.24, 2.45) is 0 Å². The lowest BCUT2D eigenvalue weighted by molar-refractivity contribution is 0.572. The Bertz CT molecular complexity index is 815. The molecule has 21 heavy (non-hydrogen) atoms. The van der Waals surface area contributed by atoms with Crippen LogP contribution in [0.4, 0.5) is 0 Å². The van der Waals surface area contributed by atoms with Crippen LogP contribution in [0.5, 0.6) is 0 Å². The Balaban J connectivity index is 1.50. The molecule has 2 heterocycles. The first-order valence-corrected chi connectivity index (χ1v) is 8.49. The molecule has 0 radical (unpaired) electrons. The molecule has 2 aliphatic rings. The Morgan fingerprint density at radius 3 is 2.71 bits per heavy atom. The van der Waals surface area contributed by atoms with Crippen molar-refractivity contribution in [2.75, 3.05) is 0 Å². The lowest BCUT2D eigenvalue weighted by Crippen LogP contribution is -2.12. The summed E-state index contributed by atoms with van der Waals surface area (Å²) in [5, 5.41) is 14.7. The molecule has 2 aromatic heterocycles. The van der Waals surface area contributed by atoms with Gasteiger partial charge in [-0.2, -0.15) is 9.61 Å². The van der Waals surface area contributed by atoms with Crippen molar-refractivity contribution in [3.05, 3.63) is 46.2 Å². The number of fused-ring (bicyclic) bond motifs is 2. The predicted octanol–water partition coefficient (Wildman–Crippen LogP) is 3.34. The number of hydrogen-bond donors (Lipinski definition) is 0. The molecule has 1 saturated carbocycles. The van der Waals surface area contributed by atoms with Gasteiger partial charge in [0.25, 0.3) is 0 Å². The van der Waals surface area contributed by atoms with E-state index < -0.39 is 0 Å². The molecule has 0 spiro atoms. The maximum absolute atomic E-state index is 4.84. The maximum Gasteiger partial charge on any atom is 0.234 e. The van der Waals surface area contributed by atoms with Crippen LogP contribution < -0.4 is 0 Å². The first kappa shape index (κ1) is 11.9. The van der Waals surface area contributed by atoms with Gasteiger partial charge in [0.1, 0.15) is 5.01 Å². The largest absolute Gasteiger partial charge is 0.234 e. The minimum absolute atomic E-state index is 0.540. The van der Waals surface area contributed by atoms with Gasteiger partial charge in [-0.25, -0.2) is 0 Å². The molecule has 5 heteroatoms. The van der Waals surface area contributed by atoms with Crippen molar-refractivity contribution in [3.63, 3.8) is 0 Å². The molecule has 106 valence electrons. The molecule has 0 saturated heterocycles. The smallest absolute Gasteiger partial charge is 0.187 e. The van der Waals surface area contributed by atoms with Crippen LogP contribution in [0.1, 0.15) is 53.1 Å². The van der Waals surface area contributed by atoms with Crippen LogP contribution in [0.25, 0.3) is 4.96 Å². The molecule has 0 N–H and O–H groups in total. The Kier molecular flexibility index (Phi) is 2.47. The highest BCUT2D eigenvalue weighted by Crippen LogP contribution is 2.40. The maximum atomic E-state index is 4.84. The highest BCUT2D eigenvalue weighted by Gasteiger charge is 2.31. The fourth-order valence-electron chi connectivity index (χ4n) is 3.32. The van der Waals surface area contributed by atoms with Gasteiger partial charge in [0.2, 0.25) is 4.96 Å². The van der Waals surface area contributed by atoms with E-state index in [9.17, 15) is 0 Å². The van der Waals surface area contributed by atoms with Crippen molar-refractivity contribution in [1.82, 2.24) is 19.8 Å². The summed E-state index contributed by atoms with van der Waals surface area (Å²) in [5.41, 5.74) is 3.00. The number of aromatic nitrogens is 4. The van der Waals surface area contributed by atoms with Crippen molar-refractivity contribution in [3.8, 4) is 0 Å². The Hall–Kier alpha value is -1.75. The molecular formula is C16H16N4S. The third kappa shape index (κ3) is 1.91. The normalized spacial score (nSPS) is 21.6. The van der Waals surface area contributed by atoms with E-state index in [2.05, 4.69) is 34.5 Å². The summed E-state index contributed by atoms with van der Waals surface area (Å²) in [6.07, 6.45) is 5.95. The average molecular weight is 296 g/mol. The minimum atomic E-state index is 0.540. The van der Waals surface area contributed by atoms with Crippen LogP contribution in [-0.2, 0) is 12.8 Å². The highest BCUT2D eigenvalue weighted by atomic mass is 32.1. The summed E-state index contributed by atoms with van der Waals surface area (Å²) in [4.78, 5) is 0.964. The Morgan fingerprint density at radius 2 is 1.86 bits per heavy atom.